The fourth-order valence-electron chi connectivity index (χ4n) is 3.02. The molecule has 1 aromatic heterocycles. The Bertz CT molecular complexity index is 969. The van der Waals surface area contributed by atoms with E-state index in [1.807, 2.05) is 24.3 Å². The molecule has 0 bridgehead atoms. The zero-order valence-corrected chi connectivity index (χ0v) is 16.9. The first-order chi connectivity index (χ1) is 13.3. The Labute approximate surface area is 165 Å². The summed E-state index contributed by atoms with van der Waals surface area (Å²) in [5.41, 5.74) is 4.57. The number of ether oxygens (including phenoxy) is 2. The molecular weight excluding hydrogens is 354 g/mol. The van der Waals surface area contributed by atoms with Crippen LogP contribution >= 0.6 is 0 Å². The van der Waals surface area contributed by atoms with Crippen LogP contribution in [-0.4, -0.2) is 27.8 Å². The van der Waals surface area contributed by atoms with Crippen LogP contribution in [0.4, 0.5) is 0 Å². The van der Waals surface area contributed by atoms with Crippen LogP contribution in [-0.2, 0) is 16.8 Å². The normalized spacial score (nSPS) is 11.3. The SMILES string of the molecule is COC(=O)c1ncn(-c2ccc(OCc3c(C)cccc3C(C)(C)C)cc2)n1. The van der Waals surface area contributed by atoms with Gasteiger partial charge in [-0.1, -0.05) is 39.0 Å². The molecule has 0 aliphatic rings. The number of carbonyl (C=O) groups is 1. The van der Waals surface area contributed by atoms with Gasteiger partial charge in [-0.25, -0.2) is 14.5 Å². The van der Waals surface area contributed by atoms with E-state index in [1.165, 1.54) is 34.8 Å². The van der Waals surface area contributed by atoms with E-state index in [0.717, 1.165) is 11.4 Å². The minimum Gasteiger partial charge on any atom is -0.489 e. The van der Waals surface area contributed by atoms with Crippen molar-refractivity contribution in [3.05, 3.63) is 71.3 Å². The monoisotopic (exact) mass is 379 g/mol. The van der Waals surface area contributed by atoms with Gasteiger partial charge in [0, 0.05) is 0 Å². The molecule has 6 heteroatoms. The van der Waals surface area contributed by atoms with Gasteiger partial charge in [0.1, 0.15) is 18.7 Å². The highest BCUT2D eigenvalue weighted by Crippen LogP contribution is 2.29. The molecule has 0 radical (unpaired) electrons. The predicted octanol–water partition coefficient (Wildman–Crippen LogP) is 4.24. The first kappa shape index (κ1) is 19.6. The molecule has 0 amide bonds. The number of carbonyl (C=O) groups excluding carboxylic acids is 1. The van der Waals surface area contributed by atoms with Gasteiger partial charge in [-0.15, -0.1) is 5.10 Å². The lowest BCUT2D eigenvalue weighted by molar-refractivity contribution is 0.0587. The first-order valence-electron chi connectivity index (χ1n) is 9.12. The van der Waals surface area contributed by atoms with Crippen LogP contribution < -0.4 is 4.74 Å². The van der Waals surface area contributed by atoms with Gasteiger partial charge in [0.15, 0.2) is 0 Å². The molecular formula is C22H25N3O3. The van der Waals surface area contributed by atoms with Crippen LogP contribution in [0.5, 0.6) is 5.75 Å². The Hall–Kier alpha value is -3.15. The van der Waals surface area contributed by atoms with Crippen LogP contribution in [0.1, 0.15) is 48.1 Å². The van der Waals surface area contributed by atoms with E-state index >= 15 is 0 Å². The molecule has 0 N–H and O–H groups in total. The molecule has 28 heavy (non-hydrogen) atoms. The van der Waals surface area contributed by atoms with Crippen molar-refractivity contribution in [3.63, 3.8) is 0 Å². The second-order valence-electron chi connectivity index (χ2n) is 7.64. The third kappa shape index (κ3) is 4.22. The summed E-state index contributed by atoms with van der Waals surface area (Å²) in [6.45, 7) is 9.25. The van der Waals surface area contributed by atoms with E-state index in [1.54, 1.807) is 0 Å². The fraction of sp³-hybridized carbons (Fsp3) is 0.318. The van der Waals surface area contributed by atoms with Gasteiger partial charge in [-0.2, -0.15) is 0 Å². The average Bonchev–Trinajstić information content (AvgIpc) is 3.16. The standard InChI is InChI=1S/C22H25N3O3/c1-15-7-6-8-19(22(2,3)4)18(15)13-28-17-11-9-16(10-12-17)25-14-23-20(24-25)21(26)27-5/h6-12,14H,13H2,1-5H3. The van der Waals surface area contributed by atoms with Crippen molar-refractivity contribution in [3.8, 4) is 11.4 Å². The summed E-state index contributed by atoms with van der Waals surface area (Å²) in [4.78, 5) is 15.4. The van der Waals surface area contributed by atoms with Crippen LogP contribution in [0, 0.1) is 6.92 Å². The highest BCUT2D eigenvalue weighted by Gasteiger charge is 2.19. The lowest BCUT2D eigenvalue weighted by Crippen LogP contribution is -2.16. The van der Waals surface area contributed by atoms with Gasteiger partial charge in [-0.3, -0.25) is 0 Å². The lowest BCUT2D eigenvalue weighted by Gasteiger charge is -2.24. The Morgan fingerprint density at radius 1 is 1.11 bits per heavy atom. The molecule has 1 heterocycles. The molecule has 6 nitrogen and oxygen atoms in total. The maximum absolute atomic E-state index is 11.5. The average molecular weight is 379 g/mol. The summed E-state index contributed by atoms with van der Waals surface area (Å²) in [5.74, 6) is 0.226. The number of hydrogen-bond acceptors (Lipinski definition) is 5. The summed E-state index contributed by atoms with van der Waals surface area (Å²) >= 11 is 0. The van der Waals surface area contributed by atoms with Crippen molar-refractivity contribution in [1.82, 2.24) is 14.8 Å². The van der Waals surface area contributed by atoms with Crippen LogP contribution in [0.25, 0.3) is 5.69 Å². The zero-order valence-electron chi connectivity index (χ0n) is 16.9. The molecule has 2 aromatic carbocycles. The zero-order chi connectivity index (χ0) is 20.3. The summed E-state index contributed by atoms with van der Waals surface area (Å²) in [5, 5.41) is 4.11. The highest BCUT2D eigenvalue weighted by molar-refractivity contribution is 5.84. The number of nitrogens with zero attached hydrogens (tertiary/aromatic N) is 3. The highest BCUT2D eigenvalue weighted by atomic mass is 16.5. The van der Waals surface area contributed by atoms with Crippen molar-refractivity contribution < 1.29 is 14.3 Å². The summed E-state index contributed by atoms with van der Waals surface area (Å²) in [6, 6.07) is 13.9. The van der Waals surface area contributed by atoms with E-state index in [2.05, 4.69) is 60.7 Å². The Morgan fingerprint density at radius 2 is 1.82 bits per heavy atom. The molecule has 0 saturated heterocycles. The topological polar surface area (TPSA) is 66.2 Å². The van der Waals surface area contributed by atoms with Crippen LogP contribution in [0.15, 0.2) is 48.8 Å². The van der Waals surface area contributed by atoms with E-state index in [-0.39, 0.29) is 11.2 Å². The molecule has 0 saturated carbocycles. The number of aromatic nitrogens is 3. The van der Waals surface area contributed by atoms with Crippen molar-refractivity contribution in [2.45, 2.75) is 39.7 Å². The third-order valence-electron chi connectivity index (χ3n) is 4.56. The second-order valence-corrected chi connectivity index (χ2v) is 7.64. The van der Waals surface area contributed by atoms with Gasteiger partial charge in [0.05, 0.1) is 12.8 Å². The van der Waals surface area contributed by atoms with Gasteiger partial charge >= 0.3 is 5.97 Å². The molecule has 0 spiro atoms. The van der Waals surface area contributed by atoms with Crippen LogP contribution in [0.2, 0.25) is 0 Å². The van der Waals surface area contributed by atoms with Crippen molar-refractivity contribution >= 4 is 5.97 Å². The molecule has 146 valence electrons. The minimum absolute atomic E-state index is 0.0251. The summed E-state index contributed by atoms with van der Waals surface area (Å²) in [7, 11) is 1.30. The number of hydrogen-bond donors (Lipinski definition) is 0. The lowest BCUT2D eigenvalue weighted by atomic mass is 9.82. The molecule has 0 atom stereocenters. The maximum atomic E-state index is 11.5. The van der Waals surface area contributed by atoms with E-state index in [9.17, 15) is 4.79 Å². The number of methoxy groups -OCH3 is 1. The summed E-state index contributed by atoms with van der Waals surface area (Å²) < 4.78 is 12.2. The van der Waals surface area contributed by atoms with Crippen molar-refractivity contribution in [2.24, 2.45) is 0 Å². The van der Waals surface area contributed by atoms with E-state index in [0.29, 0.717) is 6.61 Å². The quantitative estimate of drug-likeness (QED) is 0.621. The predicted molar refractivity (Wildman–Crippen MR) is 107 cm³/mol. The molecule has 3 aromatic rings. The van der Waals surface area contributed by atoms with Gasteiger partial charge in [0.25, 0.3) is 5.82 Å². The molecule has 0 aliphatic carbocycles. The molecule has 0 aliphatic heterocycles. The summed E-state index contributed by atoms with van der Waals surface area (Å²) in [6.07, 6.45) is 1.48. The number of esters is 1. The number of aryl methyl sites for hydroxylation is 1. The number of rotatable bonds is 5. The largest absolute Gasteiger partial charge is 0.489 e. The van der Waals surface area contributed by atoms with E-state index < -0.39 is 5.97 Å². The van der Waals surface area contributed by atoms with Gasteiger partial charge < -0.3 is 9.47 Å². The maximum Gasteiger partial charge on any atom is 0.377 e. The Balaban J connectivity index is 1.74. The van der Waals surface area contributed by atoms with E-state index in [4.69, 9.17) is 4.74 Å². The van der Waals surface area contributed by atoms with Crippen molar-refractivity contribution in [2.75, 3.05) is 7.11 Å². The Morgan fingerprint density at radius 3 is 2.46 bits per heavy atom. The second kappa shape index (κ2) is 7.84. The van der Waals surface area contributed by atoms with Gasteiger partial charge in [0.2, 0.25) is 0 Å². The Kier molecular flexibility index (Phi) is 5.49. The van der Waals surface area contributed by atoms with Crippen molar-refractivity contribution in [1.29, 1.82) is 0 Å². The van der Waals surface area contributed by atoms with Gasteiger partial charge in [-0.05, 0) is 53.3 Å². The first-order valence-corrected chi connectivity index (χ1v) is 9.12. The molecule has 3 rings (SSSR count). The molecule has 0 fully saturated rings. The fourth-order valence-corrected chi connectivity index (χ4v) is 3.02. The number of benzene rings is 2. The third-order valence-corrected chi connectivity index (χ3v) is 4.56. The van der Waals surface area contributed by atoms with Crippen LogP contribution in [0.3, 0.4) is 0 Å². The minimum atomic E-state index is -0.563. The molecule has 0 unspecified atom stereocenters. The smallest absolute Gasteiger partial charge is 0.377 e.